The van der Waals surface area contributed by atoms with Crippen LogP contribution >= 0.6 is 0 Å². The Morgan fingerprint density at radius 2 is 1.89 bits per heavy atom. The molecule has 1 fully saturated rings. The van der Waals surface area contributed by atoms with Gasteiger partial charge in [-0.2, -0.15) is 0 Å². The topological polar surface area (TPSA) is 67.6 Å². The number of ether oxygens (including phenoxy) is 1. The molecule has 27 heavy (non-hydrogen) atoms. The summed E-state index contributed by atoms with van der Waals surface area (Å²) in [7, 11) is 0. The Balaban J connectivity index is 1.44. The highest BCUT2D eigenvalue weighted by Gasteiger charge is 2.31. The highest BCUT2D eigenvalue weighted by Crippen LogP contribution is 2.25. The molecule has 0 unspecified atom stereocenters. The van der Waals surface area contributed by atoms with Crippen molar-refractivity contribution in [2.24, 2.45) is 5.73 Å². The van der Waals surface area contributed by atoms with E-state index >= 15 is 0 Å². The zero-order valence-corrected chi connectivity index (χ0v) is 15.9. The first kappa shape index (κ1) is 19.4. The molecule has 2 aromatic rings. The minimum absolute atomic E-state index is 0.0298. The molecule has 2 aromatic carbocycles. The zero-order chi connectivity index (χ0) is 19.1. The first-order valence-corrected chi connectivity index (χ1v) is 9.67. The molecule has 0 aliphatic carbocycles. The molecule has 1 aliphatic rings. The second kappa shape index (κ2) is 9.53. The van der Waals surface area contributed by atoms with Gasteiger partial charge in [-0.15, -0.1) is 0 Å². The normalized spacial score (nSPS) is 19.8. The van der Waals surface area contributed by atoms with E-state index in [-0.39, 0.29) is 17.9 Å². The number of rotatable bonds is 8. The van der Waals surface area contributed by atoms with E-state index in [1.54, 1.807) is 0 Å². The van der Waals surface area contributed by atoms with Crippen LogP contribution in [-0.4, -0.2) is 43.1 Å². The van der Waals surface area contributed by atoms with Crippen LogP contribution in [0.3, 0.4) is 0 Å². The van der Waals surface area contributed by atoms with Crippen molar-refractivity contribution in [2.75, 3.05) is 26.2 Å². The van der Waals surface area contributed by atoms with Crippen LogP contribution in [0.25, 0.3) is 0 Å². The van der Waals surface area contributed by atoms with Crippen molar-refractivity contribution in [1.82, 2.24) is 10.2 Å². The quantitative estimate of drug-likeness (QED) is 0.752. The van der Waals surface area contributed by atoms with Crippen LogP contribution in [0.1, 0.15) is 30.4 Å². The Hall–Kier alpha value is -2.37. The third-order valence-electron chi connectivity index (χ3n) is 4.92. The third kappa shape index (κ3) is 5.55. The Bertz CT molecular complexity index is 718. The van der Waals surface area contributed by atoms with Crippen molar-refractivity contribution in [3.63, 3.8) is 0 Å². The molecule has 1 amide bonds. The van der Waals surface area contributed by atoms with Gasteiger partial charge in [0.05, 0.1) is 13.2 Å². The summed E-state index contributed by atoms with van der Waals surface area (Å²) in [6, 6.07) is 18.2. The average Bonchev–Trinajstić information content (AvgIpc) is 3.06. The van der Waals surface area contributed by atoms with E-state index in [9.17, 15) is 4.79 Å². The van der Waals surface area contributed by atoms with Crippen molar-refractivity contribution in [2.45, 2.75) is 31.8 Å². The summed E-state index contributed by atoms with van der Waals surface area (Å²) in [6.45, 7) is 5.28. The number of benzene rings is 2. The van der Waals surface area contributed by atoms with Crippen LogP contribution in [0, 0.1) is 0 Å². The van der Waals surface area contributed by atoms with Gasteiger partial charge in [-0.3, -0.25) is 9.69 Å². The fourth-order valence-electron chi connectivity index (χ4n) is 3.48. The number of carbonyl (C=O) groups excluding carboxylic acids is 1. The minimum atomic E-state index is 0.0298. The largest absolute Gasteiger partial charge is 0.494 e. The molecule has 3 rings (SSSR count). The lowest BCUT2D eigenvalue weighted by Crippen LogP contribution is -2.37. The maximum Gasteiger partial charge on any atom is 0.234 e. The first-order valence-electron chi connectivity index (χ1n) is 9.67. The van der Waals surface area contributed by atoms with Crippen molar-refractivity contribution in [3.8, 4) is 5.75 Å². The summed E-state index contributed by atoms with van der Waals surface area (Å²) in [5.41, 5.74) is 8.62. The van der Waals surface area contributed by atoms with Crippen LogP contribution in [0.5, 0.6) is 5.75 Å². The monoisotopic (exact) mass is 367 g/mol. The van der Waals surface area contributed by atoms with E-state index in [4.69, 9.17) is 10.5 Å². The van der Waals surface area contributed by atoms with Gasteiger partial charge in [-0.1, -0.05) is 49.4 Å². The predicted molar refractivity (Wildman–Crippen MR) is 108 cm³/mol. The second-order valence-corrected chi connectivity index (χ2v) is 7.14. The van der Waals surface area contributed by atoms with E-state index in [0.29, 0.717) is 13.1 Å². The molecule has 0 aromatic heterocycles. The first-order chi connectivity index (χ1) is 13.2. The third-order valence-corrected chi connectivity index (χ3v) is 4.92. The molecule has 0 spiro atoms. The Morgan fingerprint density at radius 1 is 1.15 bits per heavy atom. The summed E-state index contributed by atoms with van der Waals surface area (Å²) < 4.78 is 5.58. The average molecular weight is 367 g/mol. The number of nitrogens with two attached hydrogens (primary N) is 1. The summed E-state index contributed by atoms with van der Waals surface area (Å²) in [5.74, 6) is 1.18. The maximum absolute atomic E-state index is 12.3. The second-order valence-electron chi connectivity index (χ2n) is 7.14. The van der Waals surface area contributed by atoms with Gasteiger partial charge in [-0.05, 0) is 29.7 Å². The summed E-state index contributed by atoms with van der Waals surface area (Å²) in [5, 5.41) is 3.00. The molecule has 0 radical (unpaired) electrons. The fraction of sp³-hybridized carbons (Fsp3) is 0.409. The number of amides is 1. The number of nitrogens with one attached hydrogen (secondary N) is 1. The molecule has 0 bridgehead atoms. The molecule has 1 heterocycles. The lowest BCUT2D eigenvalue weighted by atomic mass is 9.95. The van der Waals surface area contributed by atoms with E-state index in [2.05, 4.69) is 29.3 Å². The molecule has 3 N–H and O–H groups in total. The molecular weight excluding hydrogens is 338 g/mol. The van der Waals surface area contributed by atoms with Crippen molar-refractivity contribution in [1.29, 1.82) is 0 Å². The van der Waals surface area contributed by atoms with Crippen LogP contribution in [0.15, 0.2) is 54.6 Å². The lowest BCUT2D eigenvalue weighted by molar-refractivity contribution is -0.122. The van der Waals surface area contributed by atoms with E-state index in [1.807, 2.05) is 42.5 Å². The van der Waals surface area contributed by atoms with Gasteiger partial charge in [-0.25, -0.2) is 0 Å². The molecule has 0 saturated carbocycles. The number of carbonyl (C=O) groups is 1. The van der Waals surface area contributed by atoms with Crippen molar-refractivity contribution >= 4 is 5.91 Å². The van der Waals surface area contributed by atoms with Gasteiger partial charge in [0.15, 0.2) is 0 Å². The summed E-state index contributed by atoms with van der Waals surface area (Å²) in [6.07, 6.45) is 0.989. The Labute approximate surface area is 161 Å². The number of hydrogen-bond acceptors (Lipinski definition) is 4. The van der Waals surface area contributed by atoms with Crippen molar-refractivity contribution in [3.05, 3.63) is 65.7 Å². The van der Waals surface area contributed by atoms with Gasteiger partial charge in [0.2, 0.25) is 5.91 Å². The van der Waals surface area contributed by atoms with Gasteiger partial charge >= 0.3 is 0 Å². The molecule has 5 heteroatoms. The van der Waals surface area contributed by atoms with Gasteiger partial charge in [0, 0.05) is 31.6 Å². The van der Waals surface area contributed by atoms with E-state index in [1.165, 1.54) is 5.56 Å². The minimum Gasteiger partial charge on any atom is -0.494 e. The van der Waals surface area contributed by atoms with Crippen LogP contribution in [0.2, 0.25) is 0 Å². The van der Waals surface area contributed by atoms with E-state index < -0.39 is 0 Å². The van der Waals surface area contributed by atoms with Crippen LogP contribution in [-0.2, 0) is 11.3 Å². The number of nitrogens with zero attached hydrogens (tertiary/aromatic N) is 1. The highest BCUT2D eigenvalue weighted by atomic mass is 16.5. The number of hydrogen-bond donors (Lipinski definition) is 2. The smallest absolute Gasteiger partial charge is 0.234 e. The maximum atomic E-state index is 12.3. The van der Waals surface area contributed by atoms with Gasteiger partial charge in [0.1, 0.15) is 5.75 Å². The molecule has 144 valence electrons. The highest BCUT2D eigenvalue weighted by molar-refractivity contribution is 5.78. The lowest BCUT2D eigenvalue weighted by Gasteiger charge is -2.16. The molecule has 5 nitrogen and oxygen atoms in total. The van der Waals surface area contributed by atoms with E-state index in [0.717, 1.165) is 37.4 Å². The molecule has 1 aliphatic heterocycles. The summed E-state index contributed by atoms with van der Waals surface area (Å²) >= 11 is 0. The Kier molecular flexibility index (Phi) is 6.85. The summed E-state index contributed by atoms with van der Waals surface area (Å²) in [4.78, 5) is 14.5. The molecule has 2 atom stereocenters. The van der Waals surface area contributed by atoms with Gasteiger partial charge < -0.3 is 15.8 Å². The van der Waals surface area contributed by atoms with Crippen LogP contribution < -0.4 is 15.8 Å². The molecule has 1 saturated heterocycles. The standard InChI is InChI=1S/C22H29N3O2/c1-2-12-27-19-10-8-17(9-11-19)13-24-22(26)16-25-14-20(21(23)15-25)18-6-4-3-5-7-18/h3-11,20-21H,2,12-16,23H2,1H3,(H,24,26)/t20-,21+/m0/s1. The zero-order valence-electron chi connectivity index (χ0n) is 15.9. The fourth-order valence-corrected chi connectivity index (χ4v) is 3.48. The SMILES string of the molecule is CCCOc1ccc(CNC(=O)CN2C[C@@H](N)[C@H](c3ccccc3)C2)cc1. The Morgan fingerprint density at radius 3 is 2.59 bits per heavy atom. The molecular formula is C22H29N3O2. The van der Waals surface area contributed by atoms with Crippen LogP contribution in [0.4, 0.5) is 0 Å². The van der Waals surface area contributed by atoms with Gasteiger partial charge in [0.25, 0.3) is 0 Å². The number of likely N-dealkylation sites (tertiary alicyclic amines) is 1. The van der Waals surface area contributed by atoms with Crippen molar-refractivity contribution < 1.29 is 9.53 Å². The predicted octanol–water partition coefficient (Wildman–Crippen LogP) is 2.52.